The highest BCUT2D eigenvalue weighted by atomic mass is 35.5. The number of hydrogen-bond donors (Lipinski definition) is 0. The third kappa shape index (κ3) is 3.97. The van der Waals surface area contributed by atoms with Crippen molar-refractivity contribution in [2.75, 3.05) is 7.11 Å². The highest BCUT2D eigenvalue weighted by Crippen LogP contribution is 2.23. The minimum atomic E-state index is -0.687. The maximum absolute atomic E-state index is 13.6. The number of esters is 1. The molecule has 0 amide bonds. The molecular formula is C18H13ClFNO4. The zero-order valence-corrected chi connectivity index (χ0v) is 13.9. The standard InChI is InChI=1S/C18H13ClFNO4/c1-23-15-7-4-12(8-14(15)20)18(22)24-10-17-21-9-16(25-17)11-2-5-13(19)6-3-11/h2-9H,10H2,1H3. The van der Waals surface area contributed by atoms with Gasteiger partial charge in [-0.3, -0.25) is 0 Å². The molecule has 3 rings (SSSR count). The van der Waals surface area contributed by atoms with Gasteiger partial charge in [0.15, 0.2) is 23.9 Å². The van der Waals surface area contributed by atoms with Gasteiger partial charge in [0, 0.05) is 10.6 Å². The van der Waals surface area contributed by atoms with Gasteiger partial charge in [0.25, 0.3) is 0 Å². The minimum Gasteiger partial charge on any atom is -0.494 e. The fourth-order valence-corrected chi connectivity index (χ4v) is 2.25. The Morgan fingerprint density at radius 3 is 2.68 bits per heavy atom. The van der Waals surface area contributed by atoms with Crippen LogP contribution in [0.15, 0.2) is 53.1 Å². The van der Waals surface area contributed by atoms with Crippen LogP contribution in [-0.4, -0.2) is 18.1 Å². The number of carbonyl (C=O) groups is 1. The SMILES string of the molecule is COc1ccc(C(=O)OCc2ncc(-c3ccc(Cl)cc3)o2)cc1F. The van der Waals surface area contributed by atoms with Gasteiger partial charge in [-0.15, -0.1) is 0 Å². The Kier molecular flexibility index (Phi) is 5.00. The van der Waals surface area contributed by atoms with Gasteiger partial charge in [-0.2, -0.15) is 0 Å². The molecule has 1 heterocycles. The van der Waals surface area contributed by atoms with Gasteiger partial charge in [-0.1, -0.05) is 11.6 Å². The number of rotatable bonds is 5. The zero-order valence-electron chi connectivity index (χ0n) is 13.2. The van der Waals surface area contributed by atoms with Crippen molar-refractivity contribution >= 4 is 17.6 Å². The lowest BCUT2D eigenvalue weighted by molar-refractivity contribution is 0.0438. The van der Waals surface area contributed by atoms with Gasteiger partial charge in [-0.25, -0.2) is 14.2 Å². The van der Waals surface area contributed by atoms with Crippen LogP contribution in [0.25, 0.3) is 11.3 Å². The van der Waals surface area contributed by atoms with Crippen LogP contribution in [0.4, 0.5) is 4.39 Å². The van der Waals surface area contributed by atoms with Crippen molar-refractivity contribution in [2.24, 2.45) is 0 Å². The Labute approximate surface area is 148 Å². The summed E-state index contributed by atoms with van der Waals surface area (Å²) in [4.78, 5) is 16.0. The van der Waals surface area contributed by atoms with E-state index in [0.29, 0.717) is 10.8 Å². The number of nitrogens with zero attached hydrogens (tertiary/aromatic N) is 1. The van der Waals surface area contributed by atoms with E-state index in [1.165, 1.54) is 25.4 Å². The molecule has 0 saturated heterocycles. The molecule has 0 aliphatic rings. The number of carbonyl (C=O) groups excluding carboxylic acids is 1. The second-order valence-corrected chi connectivity index (χ2v) is 5.49. The quantitative estimate of drug-likeness (QED) is 0.626. The van der Waals surface area contributed by atoms with Crippen LogP contribution in [-0.2, 0) is 11.3 Å². The topological polar surface area (TPSA) is 61.6 Å². The van der Waals surface area contributed by atoms with Gasteiger partial charge >= 0.3 is 5.97 Å². The Morgan fingerprint density at radius 2 is 2.00 bits per heavy atom. The monoisotopic (exact) mass is 361 g/mol. The highest BCUT2D eigenvalue weighted by molar-refractivity contribution is 6.30. The van der Waals surface area contributed by atoms with Crippen molar-refractivity contribution in [1.29, 1.82) is 0 Å². The first-order valence-corrected chi connectivity index (χ1v) is 7.66. The van der Waals surface area contributed by atoms with Gasteiger partial charge < -0.3 is 13.9 Å². The molecule has 0 N–H and O–H groups in total. The molecular weight excluding hydrogens is 349 g/mol. The maximum Gasteiger partial charge on any atom is 0.338 e. The summed E-state index contributed by atoms with van der Waals surface area (Å²) in [6.45, 7) is -0.167. The van der Waals surface area contributed by atoms with E-state index < -0.39 is 11.8 Å². The summed E-state index contributed by atoms with van der Waals surface area (Å²) in [7, 11) is 1.34. The van der Waals surface area contributed by atoms with Crippen LogP contribution in [0.1, 0.15) is 16.2 Å². The molecule has 5 nitrogen and oxygen atoms in total. The second kappa shape index (κ2) is 7.36. The number of aromatic nitrogens is 1. The molecule has 2 aromatic carbocycles. The molecule has 0 spiro atoms. The Morgan fingerprint density at radius 1 is 1.24 bits per heavy atom. The number of oxazole rings is 1. The molecule has 25 heavy (non-hydrogen) atoms. The predicted octanol–water partition coefficient (Wildman–Crippen LogP) is 4.50. The summed E-state index contributed by atoms with van der Waals surface area (Å²) < 4.78 is 29.0. The largest absolute Gasteiger partial charge is 0.494 e. The average molecular weight is 362 g/mol. The Balaban J connectivity index is 1.65. The van der Waals surface area contributed by atoms with Gasteiger partial charge in [0.2, 0.25) is 5.89 Å². The lowest BCUT2D eigenvalue weighted by atomic mass is 10.2. The van der Waals surface area contributed by atoms with Crippen LogP contribution in [0.5, 0.6) is 5.75 Å². The third-order valence-corrected chi connectivity index (χ3v) is 3.65. The minimum absolute atomic E-state index is 0.0526. The molecule has 128 valence electrons. The van der Waals surface area contributed by atoms with Crippen LogP contribution >= 0.6 is 11.6 Å². The van der Waals surface area contributed by atoms with E-state index in [1.807, 2.05) is 0 Å². The second-order valence-electron chi connectivity index (χ2n) is 5.05. The van der Waals surface area contributed by atoms with E-state index in [9.17, 15) is 9.18 Å². The fourth-order valence-electron chi connectivity index (χ4n) is 2.13. The molecule has 3 aromatic rings. The van der Waals surface area contributed by atoms with Gasteiger partial charge in [0.1, 0.15) is 0 Å². The van der Waals surface area contributed by atoms with Crippen LogP contribution in [0.2, 0.25) is 5.02 Å². The van der Waals surface area contributed by atoms with Crippen molar-refractivity contribution in [3.05, 3.63) is 71.0 Å². The third-order valence-electron chi connectivity index (χ3n) is 3.40. The average Bonchev–Trinajstić information content (AvgIpc) is 3.09. The lowest BCUT2D eigenvalue weighted by Crippen LogP contribution is -2.06. The molecule has 0 saturated carbocycles. The van der Waals surface area contributed by atoms with Crippen molar-refractivity contribution in [2.45, 2.75) is 6.61 Å². The van der Waals surface area contributed by atoms with Gasteiger partial charge in [0.05, 0.1) is 18.9 Å². The first kappa shape index (κ1) is 17.0. The summed E-state index contributed by atoms with van der Waals surface area (Å²) in [6, 6.07) is 10.9. The first-order chi connectivity index (χ1) is 12.1. The summed E-state index contributed by atoms with van der Waals surface area (Å²) >= 11 is 5.84. The summed E-state index contributed by atoms with van der Waals surface area (Å²) in [5.41, 5.74) is 0.870. The normalized spacial score (nSPS) is 10.5. The number of halogens is 2. The molecule has 0 radical (unpaired) electrons. The van der Waals surface area contributed by atoms with Crippen molar-refractivity contribution in [3.8, 4) is 17.1 Å². The van der Waals surface area contributed by atoms with E-state index in [1.54, 1.807) is 24.3 Å². The smallest absolute Gasteiger partial charge is 0.338 e. The Hall–Kier alpha value is -2.86. The van der Waals surface area contributed by atoms with E-state index in [-0.39, 0.29) is 23.8 Å². The number of methoxy groups -OCH3 is 1. The molecule has 1 aromatic heterocycles. The van der Waals surface area contributed by atoms with Gasteiger partial charge in [-0.05, 0) is 42.5 Å². The molecule has 0 fully saturated rings. The van der Waals surface area contributed by atoms with Crippen molar-refractivity contribution in [1.82, 2.24) is 4.98 Å². The van der Waals surface area contributed by atoms with Crippen molar-refractivity contribution < 1.29 is 23.1 Å². The maximum atomic E-state index is 13.6. The highest BCUT2D eigenvalue weighted by Gasteiger charge is 2.13. The van der Waals surface area contributed by atoms with Crippen LogP contribution < -0.4 is 4.74 Å². The van der Waals surface area contributed by atoms with E-state index in [0.717, 1.165) is 11.6 Å². The fraction of sp³-hybridized carbons (Fsp3) is 0.111. The van der Waals surface area contributed by atoms with E-state index in [4.69, 9.17) is 25.5 Å². The summed E-state index contributed by atoms with van der Waals surface area (Å²) in [5, 5.41) is 0.615. The summed E-state index contributed by atoms with van der Waals surface area (Å²) in [6.07, 6.45) is 1.53. The predicted molar refractivity (Wildman–Crippen MR) is 89.0 cm³/mol. The van der Waals surface area contributed by atoms with E-state index in [2.05, 4.69) is 4.98 Å². The van der Waals surface area contributed by atoms with Crippen LogP contribution in [0, 0.1) is 5.82 Å². The lowest BCUT2D eigenvalue weighted by Gasteiger charge is -2.05. The van der Waals surface area contributed by atoms with E-state index >= 15 is 0 Å². The molecule has 0 unspecified atom stereocenters. The molecule has 0 aliphatic heterocycles. The number of hydrogen-bond acceptors (Lipinski definition) is 5. The molecule has 0 atom stereocenters. The first-order valence-electron chi connectivity index (χ1n) is 7.28. The van der Waals surface area contributed by atoms with Crippen LogP contribution in [0.3, 0.4) is 0 Å². The zero-order chi connectivity index (χ0) is 17.8. The molecule has 0 aliphatic carbocycles. The molecule has 7 heteroatoms. The number of benzene rings is 2. The number of ether oxygens (including phenoxy) is 2. The summed E-state index contributed by atoms with van der Waals surface area (Å²) in [5.74, 6) is -0.520. The van der Waals surface area contributed by atoms with Crippen molar-refractivity contribution in [3.63, 3.8) is 0 Å². The molecule has 0 bridgehead atoms. The Bertz CT molecular complexity index is 892.